The Labute approximate surface area is 89.2 Å². The van der Waals surface area contributed by atoms with Crippen molar-refractivity contribution in [3.63, 3.8) is 0 Å². The summed E-state index contributed by atoms with van der Waals surface area (Å²) in [6.45, 7) is 4.57. The molecule has 0 amide bonds. The molecule has 74 valence electrons. The van der Waals surface area contributed by atoms with Gasteiger partial charge in [0.15, 0.2) is 0 Å². The standard InChI is InChI=1S/C9H20BrNS/c1-2-12-9-8-11-7-5-3-4-6-10/h11H,2-9H2,1H3. The molecule has 0 spiro atoms. The molecule has 0 atom stereocenters. The van der Waals surface area contributed by atoms with Crippen LogP contribution in [0.2, 0.25) is 0 Å². The molecule has 1 N–H and O–H groups in total. The Kier molecular flexibility index (Phi) is 12.6. The third-order valence-corrected chi connectivity index (χ3v) is 3.08. The summed E-state index contributed by atoms with van der Waals surface area (Å²) in [4.78, 5) is 0. The van der Waals surface area contributed by atoms with Crippen LogP contribution in [0.1, 0.15) is 26.2 Å². The number of halogens is 1. The highest BCUT2D eigenvalue weighted by Gasteiger charge is 1.88. The van der Waals surface area contributed by atoms with Crippen LogP contribution in [0, 0.1) is 0 Å². The zero-order valence-electron chi connectivity index (χ0n) is 7.94. The first-order valence-corrected chi connectivity index (χ1v) is 7.03. The van der Waals surface area contributed by atoms with Crippen LogP contribution in [0.25, 0.3) is 0 Å². The third kappa shape index (κ3) is 10.8. The Balaban J connectivity index is 2.73. The zero-order chi connectivity index (χ0) is 9.07. The number of rotatable bonds is 9. The van der Waals surface area contributed by atoms with Crippen LogP contribution in [0.15, 0.2) is 0 Å². The Hall–Kier alpha value is 0.790. The molecule has 1 nitrogen and oxygen atoms in total. The molecule has 0 aromatic carbocycles. The number of nitrogens with one attached hydrogen (secondary N) is 1. The van der Waals surface area contributed by atoms with Crippen LogP contribution in [0.4, 0.5) is 0 Å². The van der Waals surface area contributed by atoms with Gasteiger partial charge in [0, 0.05) is 17.6 Å². The maximum absolute atomic E-state index is 3.44. The van der Waals surface area contributed by atoms with Crippen molar-refractivity contribution in [2.24, 2.45) is 0 Å². The quantitative estimate of drug-likeness (QED) is 0.501. The minimum atomic E-state index is 1.15. The van der Waals surface area contributed by atoms with E-state index in [1.54, 1.807) is 0 Å². The first kappa shape index (κ1) is 12.8. The lowest BCUT2D eigenvalue weighted by Gasteiger charge is -2.02. The Morgan fingerprint density at radius 3 is 2.67 bits per heavy atom. The second-order valence-electron chi connectivity index (χ2n) is 2.70. The minimum absolute atomic E-state index is 1.15. The second-order valence-corrected chi connectivity index (χ2v) is 4.88. The van der Waals surface area contributed by atoms with E-state index in [0.29, 0.717) is 0 Å². The molecular weight excluding hydrogens is 234 g/mol. The molecule has 0 aliphatic heterocycles. The van der Waals surface area contributed by atoms with Gasteiger partial charge in [-0.2, -0.15) is 11.8 Å². The Morgan fingerprint density at radius 2 is 2.00 bits per heavy atom. The number of hydrogen-bond donors (Lipinski definition) is 1. The summed E-state index contributed by atoms with van der Waals surface area (Å²) in [6.07, 6.45) is 3.98. The normalized spacial score (nSPS) is 10.5. The van der Waals surface area contributed by atoms with E-state index in [1.807, 2.05) is 11.8 Å². The van der Waals surface area contributed by atoms with Crippen LogP contribution >= 0.6 is 27.7 Å². The summed E-state index contributed by atoms with van der Waals surface area (Å²) in [5.41, 5.74) is 0. The number of hydrogen-bond acceptors (Lipinski definition) is 2. The first-order chi connectivity index (χ1) is 5.91. The smallest absolute Gasteiger partial charge is 0.00579 e. The Bertz CT molecular complexity index is 70.9. The van der Waals surface area contributed by atoms with Gasteiger partial charge in [-0.15, -0.1) is 0 Å². The lowest BCUT2D eigenvalue weighted by atomic mass is 10.2. The van der Waals surface area contributed by atoms with Crippen LogP contribution in [0.3, 0.4) is 0 Å². The number of alkyl halides is 1. The molecule has 3 heteroatoms. The van der Waals surface area contributed by atoms with Crippen LogP contribution in [0.5, 0.6) is 0 Å². The summed E-state index contributed by atoms with van der Waals surface area (Å²) in [6, 6.07) is 0. The van der Waals surface area contributed by atoms with E-state index >= 15 is 0 Å². The topological polar surface area (TPSA) is 12.0 Å². The van der Waals surface area contributed by atoms with Crippen molar-refractivity contribution >= 4 is 27.7 Å². The second kappa shape index (κ2) is 11.8. The summed E-state index contributed by atoms with van der Waals surface area (Å²) >= 11 is 5.44. The van der Waals surface area contributed by atoms with E-state index < -0.39 is 0 Å². The van der Waals surface area contributed by atoms with Gasteiger partial charge < -0.3 is 5.32 Å². The van der Waals surface area contributed by atoms with E-state index in [0.717, 1.165) is 5.33 Å². The molecule has 0 fully saturated rings. The molecule has 0 heterocycles. The molecule has 0 aromatic rings. The molecular formula is C9H20BrNS. The molecule has 0 saturated heterocycles. The molecule has 0 rings (SSSR count). The van der Waals surface area contributed by atoms with Crippen molar-refractivity contribution < 1.29 is 0 Å². The van der Waals surface area contributed by atoms with E-state index in [2.05, 4.69) is 28.2 Å². The highest BCUT2D eigenvalue weighted by Crippen LogP contribution is 1.98. The van der Waals surface area contributed by atoms with Gasteiger partial charge in [0.25, 0.3) is 0 Å². The molecule has 0 aliphatic carbocycles. The summed E-state index contributed by atoms with van der Waals surface area (Å²) < 4.78 is 0. The van der Waals surface area contributed by atoms with Crippen LogP contribution in [-0.4, -0.2) is 29.9 Å². The summed E-state index contributed by atoms with van der Waals surface area (Å²) in [5, 5.41) is 4.59. The van der Waals surface area contributed by atoms with Crippen LogP contribution in [-0.2, 0) is 0 Å². The fourth-order valence-corrected chi connectivity index (χ4v) is 1.91. The van der Waals surface area contributed by atoms with Gasteiger partial charge >= 0.3 is 0 Å². The van der Waals surface area contributed by atoms with Gasteiger partial charge in [-0.05, 0) is 25.1 Å². The van der Waals surface area contributed by atoms with Crippen molar-refractivity contribution in [2.45, 2.75) is 26.2 Å². The van der Waals surface area contributed by atoms with Crippen molar-refractivity contribution in [1.29, 1.82) is 0 Å². The molecule has 0 saturated carbocycles. The fraction of sp³-hybridized carbons (Fsp3) is 1.00. The van der Waals surface area contributed by atoms with Crippen molar-refractivity contribution in [1.82, 2.24) is 5.32 Å². The predicted octanol–water partition coefficient (Wildman–Crippen LogP) is 2.89. The molecule has 0 radical (unpaired) electrons. The highest BCUT2D eigenvalue weighted by molar-refractivity contribution is 9.09. The maximum atomic E-state index is 3.44. The average molecular weight is 254 g/mol. The van der Waals surface area contributed by atoms with E-state index in [-0.39, 0.29) is 0 Å². The van der Waals surface area contributed by atoms with Crippen molar-refractivity contribution in [2.75, 3.05) is 29.9 Å². The van der Waals surface area contributed by atoms with Gasteiger partial charge in [0.05, 0.1) is 0 Å². The fourth-order valence-electron chi connectivity index (χ4n) is 0.935. The monoisotopic (exact) mass is 253 g/mol. The third-order valence-electron chi connectivity index (χ3n) is 1.61. The van der Waals surface area contributed by atoms with E-state index in [9.17, 15) is 0 Å². The van der Waals surface area contributed by atoms with Gasteiger partial charge in [-0.25, -0.2) is 0 Å². The lowest BCUT2D eigenvalue weighted by molar-refractivity contribution is 0.639. The number of thioether (sulfide) groups is 1. The largest absolute Gasteiger partial charge is 0.316 e. The zero-order valence-corrected chi connectivity index (χ0v) is 10.3. The molecule has 0 aliphatic rings. The SMILES string of the molecule is CCSCCNCCCCCBr. The molecule has 12 heavy (non-hydrogen) atoms. The van der Waals surface area contributed by atoms with Crippen LogP contribution < -0.4 is 5.32 Å². The van der Waals surface area contributed by atoms with Gasteiger partial charge in [-0.1, -0.05) is 29.3 Å². The maximum Gasteiger partial charge on any atom is 0.00579 e. The Morgan fingerprint density at radius 1 is 1.17 bits per heavy atom. The van der Waals surface area contributed by atoms with Gasteiger partial charge in [0.1, 0.15) is 0 Å². The lowest BCUT2D eigenvalue weighted by Crippen LogP contribution is -2.18. The average Bonchev–Trinajstić information content (AvgIpc) is 2.10. The highest BCUT2D eigenvalue weighted by atomic mass is 79.9. The minimum Gasteiger partial charge on any atom is -0.316 e. The molecule has 0 unspecified atom stereocenters. The first-order valence-electron chi connectivity index (χ1n) is 4.76. The summed E-state index contributed by atoms with van der Waals surface area (Å²) in [7, 11) is 0. The van der Waals surface area contributed by atoms with Crippen molar-refractivity contribution in [3.05, 3.63) is 0 Å². The van der Waals surface area contributed by atoms with Crippen molar-refractivity contribution in [3.8, 4) is 0 Å². The van der Waals surface area contributed by atoms with Gasteiger partial charge in [-0.3, -0.25) is 0 Å². The number of unbranched alkanes of at least 4 members (excludes halogenated alkanes) is 2. The van der Waals surface area contributed by atoms with Gasteiger partial charge in [0.2, 0.25) is 0 Å². The van der Waals surface area contributed by atoms with E-state index in [4.69, 9.17) is 0 Å². The predicted molar refractivity (Wildman–Crippen MR) is 63.5 cm³/mol. The summed E-state index contributed by atoms with van der Waals surface area (Å²) in [5.74, 6) is 2.50. The van der Waals surface area contributed by atoms with E-state index in [1.165, 1.54) is 43.9 Å². The molecule has 0 bridgehead atoms. The molecule has 0 aromatic heterocycles.